The van der Waals surface area contributed by atoms with E-state index < -0.39 is 6.10 Å². The summed E-state index contributed by atoms with van der Waals surface area (Å²) in [5.41, 5.74) is 8.36. The van der Waals surface area contributed by atoms with Crippen LogP contribution in [0, 0.1) is 0 Å². The Morgan fingerprint density at radius 3 is 2.71 bits per heavy atom. The molecule has 0 saturated carbocycles. The van der Waals surface area contributed by atoms with E-state index in [4.69, 9.17) is 5.73 Å². The quantitative estimate of drug-likeness (QED) is 0.799. The summed E-state index contributed by atoms with van der Waals surface area (Å²) in [5, 5.41) is 9.31. The number of anilines is 1. The molecule has 1 aromatic rings. The highest BCUT2D eigenvalue weighted by atomic mass is 79.9. The molecule has 0 amide bonds. The zero-order valence-electron chi connectivity index (χ0n) is 8.29. The number of aliphatic hydroxyl groups excluding tert-OH is 1. The lowest BCUT2D eigenvalue weighted by Gasteiger charge is -2.06. The van der Waals surface area contributed by atoms with E-state index in [0.29, 0.717) is 5.69 Å². The minimum Gasteiger partial charge on any atom is -0.398 e. The van der Waals surface area contributed by atoms with Gasteiger partial charge in [0.2, 0.25) is 0 Å². The second kappa shape index (κ2) is 4.62. The van der Waals surface area contributed by atoms with Gasteiger partial charge < -0.3 is 10.8 Å². The van der Waals surface area contributed by atoms with Crippen LogP contribution in [0.25, 0.3) is 6.08 Å². The second-order valence-corrected chi connectivity index (χ2v) is 4.25. The summed E-state index contributed by atoms with van der Waals surface area (Å²) < 4.78 is 0.960. The van der Waals surface area contributed by atoms with Crippen molar-refractivity contribution in [3.05, 3.63) is 33.8 Å². The van der Waals surface area contributed by atoms with Crippen LogP contribution in [0.4, 0.5) is 5.69 Å². The summed E-state index contributed by atoms with van der Waals surface area (Å²) >= 11 is 3.34. The first kappa shape index (κ1) is 11.3. The van der Waals surface area contributed by atoms with Crippen molar-refractivity contribution in [1.82, 2.24) is 0 Å². The lowest BCUT2D eigenvalue weighted by Crippen LogP contribution is -2.01. The molecule has 1 atom stereocenters. The molecule has 0 aliphatic carbocycles. The van der Waals surface area contributed by atoms with E-state index in [-0.39, 0.29) is 0 Å². The maximum atomic E-state index is 9.31. The molecule has 1 aromatic carbocycles. The van der Waals surface area contributed by atoms with Crippen LogP contribution in [0.2, 0.25) is 0 Å². The molecule has 0 radical (unpaired) electrons. The molecular formula is C11H14BrNO. The second-order valence-electron chi connectivity index (χ2n) is 3.34. The lowest BCUT2D eigenvalue weighted by atomic mass is 10.1. The highest BCUT2D eigenvalue weighted by Crippen LogP contribution is 2.21. The number of rotatable bonds is 2. The predicted molar refractivity (Wildman–Crippen MR) is 63.9 cm³/mol. The van der Waals surface area contributed by atoms with Gasteiger partial charge in [-0.15, -0.1) is 0 Å². The van der Waals surface area contributed by atoms with Gasteiger partial charge >= 0.3 is 0 Å². The summed E-state index contributed by atoms with van der Waals surface area (Å²) in [4.78, 5) is 0. The molecule has 0 aliphatic rings. The van der Waals surface area contributed by atoms with Crippen LogP contribution >= 0.6 is 15.9 Å². The minimum absolute atomic E-state index is 0.432. The van der Waals surface area contributed by atoms with Crippen LogP contribution in [0.3, 0.4) is 0 Å². The average molecular weight is 256 g/mol. The maximum absolute atomic E-state index is 9.31. The first-order valence-electron chi connectivity index (χ1n) is 4.42. The van der Waals surface area contributed by atoms with Crippen LogP contribution in [0.1, 0.15) is 19.4 Å². The van der Waals surface area contributed by atoms with Crippen LogP contribution in [-0.4, -0.2) is 11.2 Å². The van der Waals surface area contributed by atoms with Crippen molar-refractivity contribution in [2.24, 2.45) is 0 Å². The monoisotopic (exact) mass is 255 g/mol. The normalized spacial score (nSPS) is 14.1. The first-order valence-corrected chi connectivity index (χ1v) is 5.21. The first-order chi connectivity index (χ1) is 6.50. The Labute approximate surface area is 92.6 Å². The van der Waals surface area contributed by atoms with E-state index >= 15 is 0 Å². The summed E-state index contributed by atoms with van der Waals surface area (Å²) in [6.07, 6.45) is 1.46. The van der Waals surface area contributed by atoms with Gasteiger partial charge in [0, 0.05) is 10.2 Å². The third-order valence-corrected chi connectivity index (χ3v) is 2.58. The van der Waals surface area contributed by atoms with Crippen molar-refractivity contribution < 1.29 is 5.11 Å². The Hall–Kier alpha value is -0.800. The van der Waals surface area contributed by atoms with Gasteiger partial charge in [-0.1, -0.05) is 28.1 Å². The van der Waals surface area contributed by atoms with E-state index in [1.54, 1.807) is 6.92 Å². The van der Waals surface area contributed by atoms with Crippen molar-refractivity contribution in [3.8, 4) is 0 Å². The minimum atomic E-state index is -0.432. The van der Waals surface area contributed by atoms with Gasteiger partial charge in [-0.3, -0.25) is 0 Å². The van der Waals surface area contributed by atoms with Gasteiger partial charge in [-0.2, -0.15) is 0 Å². The van der Waals surface area contributed by atoms with Crippen LogP contribution < -0.4 is 5.73 Å². The number of nitrogen functional groups attached to an aromatic ring is 1. The Morgan fingerprint density at radius 2 is 2.21 bits per heavy atom. The Kier molecular flexibility index (Phi) is 3.72. The van der Waals surface area contributed by atoms with Crippen LogP contribution in [-0.2, 0) is 0 Å². The Morgan fingerprint density at radius 1 is 1.57 bits per heavy atom. The molecule has 2 nitrogen and oxygen atoms in total. The number of benzene rings is 1. The van der Waals surface area contributed by atoms with E-state index in [1.807, 2.05) is 31.2 Å². The molecule has 0 fully saturated rings. The maximum Gasteiger partial charge on any atom is 0.0722 e. The average Bonchev–Trinajstić information content (AvgIpc) is 2.09. The van der Waals surface area contributed by atoms with Crippen molar-refractivity contribution in [2.75, 3.05) is 5.73 Å². The fraction of sp³-hybridized carbons (Fsp3) is 0.273. The number of hydrogen-bond acceptors (Lipinski definition) is 2. The standard InChI is InChI=1S/C11H14BrNO/c1-7(8(2)14)5-9-3-4-10(12)6-11(9)13/h3-6,8,14H,13H2,1-2H3/b7-5+. The molecule has 76 valence electrons. The summed E-state index contributed by atoms with van der Waals surface area (Å²) in [7, 11) is 0. The Balaban J connectivity index is 3.03. The zero-order valence-corrected chi connectivity index (χ0v) is 9.88. The van der Waals surface area contributed by atoms with E-state index in [0.717, 1.165) is 15.6 Å². The highest BCUT2D eigenvalue weighted by Gasteiger charge is 2.01. The molecule has 0 heterocycles. The van der Waals surface area contributed by atoms with Crippen molar-refractivity contribution in [1.29, 1.82) is 0 Å². The molecule has 0 spiro atoms. The molecule has 3 N–H and O–H groups in total. The fourth-order valence-corrected chi connectivity index (χ4v) is 1.42. The van der Waals surface area contributed by atoms with Gasteiger partial charge in [0.1, 0.15) is 0 Å². The summed E-state index contributed by atoms with van der Waals surface area (Å²) in [5.74, 6) is 0. The Bertz CT molecular complexity index is 358. The van der Waals surface area contributed by atoms with Crippen molar-refractivity contribution >= 4 is 27.7 Å². The molecule has 0 saturated heterocycles. The molecule has 0 aliphatic heterocycles. The van der Waals surface area contributed by atoms with Crippen molar-refractivity contribution in [2.45, 2.75) is 20.0 Å². The van der Waals surface area contributed by atoms with Crippen molar-refractivity contribution in [3.63, 3.8) is 0 Å². The van der Waals surface area contributed by atoms with Gasteiger partial charge in [0.05, 0.1) is 6.10 Å². The van der Waals surface area contributed by atoms with Crippen LogP contribution in [0.15, 0.2) is 28.2 Å². The zero-order chi connectivity index (χ0) is 10.7. The third kappa shape index (κ3) is 2.86. The number of halogens is 1. The summed E-state index contributed by atoms with van der Waals surface area (Å²) in [6.45, 7) is 3.62. The van der Waals surface area contributed by atoms with Crippen LogP contribution in [0.5, 0.6) is 0 Å². The smallest absolute Gasteiger partial charge is 0.0722 e. The van der Waals surface area contributed by atoms with E-state index in [9.17, 15) is 5.11 Å². The summed E-state index contributed by atoms with van der Waals surface area (Å²) in [6, 6.07) is 5.70. The topological polar surface area (TPSA) is 46.2 Å². The van der Waals surface area contributed by atoms with E-state index in [1.165, 1.54) is 0 Å². The number of aliphatic hydroxyl groups is 1. The molecule has 0 aromatic heterocycles. The number of hydrogen-bond donors (Lipinski definition) is 2. The lowest BCUT2D eigenvalue weighted by molar-refractivity contribution is 0.232. The molecule has 1 unspecified atom stereocenters. The molecule has 1 rings (SSSR count). The molecule has 0 bridgehead atoms. The van der Waals surface area contributed by atoms with Gasteiger partial charge in [0.25, 0.3) is 0 Å². The predicted octanol–water partition coefficient (Wildman–Crippen LogP) is 2.82. The fourth-order valence-electron chi connectivity index (χ4n) is 1.04. The molecule has 3 heteroatoms. The molecular weight excluding hydrogens is 242 g/mol. The largest absolute Gasteiger partial charge is 0.398 e. The molecule has 14 heavy (non-hydrogen) atoms. The van der Waals surface area contributed by atoms with E-state index in [2.05, 4.69) is 15.9 Å². The van der Waals surface area contributed by atoms with Gasteiger partial charge in [0.15, 0.2) is 0 Å². The number of nitrogens with two attached hydrogens (primary N) is 1. The highest BCUT2D eigenvalue weighted by molar-refractivity contribution is 9.10. The van der Waals surface area contributed by atoms with Gasteiger partial charge in [-0.05, 0) is 37.1 Å². The van der Waals surface area contributed by atoms with Gasteiger partial charge in [-0.25, -0.2) is 0 Å². The third-order valence-electron chi connectivity index (χ3n) is 2.09. The SMILES string of the molecule is C/C(=C\c1ccc(Br)cc1N)C(C)O.